The molecule has 5 rings (SSSR count). The molecule has 0 aromatic heterocycles. The van der Waals surface area contributed by atoms with Crippen molar-refractivity contribution in [1.82, 2.24) is 0 Å². The number of Topliss-reactive ketones (excluding diaryl/α,β-unsaturated/α-hetero) is 1. The van der Waals surface area contributed by atoms with Gasteiger partial charge in [0.15, 0.2) is 0 Å². The maximum atomic E-state index is 13.5. The van der Waals surface area contributed by atoms with E-state index in [2.05, 4.69) is 53.7 Å². The molecule has 0 aromatic carbocycles. The molecule has 168 valence electrons. The zero-order valence-corrected chi connectivity index (χ0v) is 20.5. The molecule has 1 nitrogen and oxygen atoms in total. The lowest BCUT2D eigenvalue weighted by Gasteiger charge is -2.58. The summed E-state index contributed by atoms with van der Waals surface area (Å²) < 4.78 is 0. The van der Waals surface area contributed by atoms with Crippen molar-refractivity contribution >= 4 is 5.78 Å². The number of carbonyl (C=O) groups excluding carboxylic acids is 1. The minimum Gasteiger partial charge on any atom is -0.299 e. The second-order valence-corrected chi connectivity index (χ2v) is 13.1. The average molecular weight is 411 g/mol. The summed E-state index contributed by atoms with van der Waals surface area (Å²) in [5.41, 5.74) is 0.934. The fourth-order valence-electron chi connectivity index (χ4n) is 10.2. The summed E-state index contributed by atoms with van der Waals surface area (Å²) >= 11 is 0. The Labute approximate surface area is 185 Å². The molecule has 30 heavy (non-hydrogen) atoms. The number of fused-ring (bicyclic) bond motifs is 4. The van der Waals surface area contributed by atoms with E-state index in [1.807, 2.05) is 0 Å². The molecular weight excluding hydrogens is 364 g/mol. The lowest BCUT2D eigenvalue weighted by Crippen LogP contribution is -2.55. The van der Waals surface area contributed by atoms with Crippen LogP contribution >= 0.6 is 0 Å². The summed E-state index contributed by atoms with van der Waals surface area (Å²) in [5, 5.41) is 0. The third-order valence-corrected chi connectivity index (χ3v) is 12.0. The summed E-state index contributed by atoms with van der Waals surface area (Å²) in [6.07, 6.45) is 16.8. The van der Waals surface area contributed by atoms with E-state index in [0.717, 1.165) is 36.0 Å². The quantitative estimate of drug-likeness (QED) is 0.424. The van der Waals surface area contributed by atoms with Crippen molar-refractivity contribution in [2.75, 3.05) is 0 Å². The highest BCUT2D eigenvalue weighted by Crippen LogP contribution is 2.80. The fraction of sp³-hybridized carbons (Fsp3) is 0.897. The van der Waals surface area contributed by atoms with Crippen LogP contribution in [0.15, 0.2) is 12.2 Å². The number of carbonyl (C=O) groups is 1. The molecule has 1 heteroatoms. The minimum atomic E-state index is 0.141. The van der Waals surface area contributed by atoms with Gasteiger partial charge in [-0.1, -0.05) is 53.7 Å². The van der Waals surface area contributed by atoms with Gasteiger partial charge >= 0.3 is 0 Å². The highest BCUT2D eigenvalue weighted by molar-refractivity contribution is 5.91. The zero-order valence-electron chi connectivity index (χ0n) is 20.5. The predicted octanol–water partition coefficient (Wildman–Crippen LogP) is 7.70. The van der Waals surface area contributed by atoms with Crippen LogP contribution in [-0.4, -0.2) is 5.78 Å². The molecule has 5 saturated carbocycles. The van der Waals surface area contributed by atoms with Gasteiger partial charge in [-0.15, -0.1) is 0 Å². The predicted molar refractivity (Wildman–Crippen MR) is 125 cm³/mol. The van der Waals surface area contributed by atoms with E-state index in [0.29, 0.717) is 34.4 Å². The van der Waals surface area contributed by atoms with Crippen LogP contribution in [0, 0.1) is 63.6 Å². The Morgan fingerprint density at radius 1 is 1.00 bits per heavy atom. The van der Waals surface area contributed by atoms with Gasteiger partial charge in [0.2, 0.25) is 0 Å². The van der Waals surface area contributed by atoms with Gasteiger partial charge in [0.25, 0.3) is 0 Å². The van der Waals surface area contributed by atoms with Crippen LogP contribution in [0.1, 0.15) is 99.3 Å². The first-order valence-corrected chi connectivity index (χ1v) is 13.4. The van der Waals surface area contributed by atoms with Gasteiger partial charge in [-0.3, -0.25) is 4.79 Å². The third-order valence-electron chi connectivity index (χ3n) is 12.0. The van der Waals surface area contributed by atoms with Gasteiger partial charge < -0.3 is 0 Å². The van der Waals surface area contributed by atoms with Crippen molar-refractivity contribution < 1.29 is 4.79 Å². The van der Waals surface area contributed by atoms with Crippen molar-refractivity contribution in [3.8, 4) is 0 Å². The smallest absolute Gasteiger partial charge is 0.140 e. The van der Waals surface area contributed by atoms with Crippen LogP contribution in [0.25, 0.3) is 0 Å². The largest absolute Gasteiger partial charge is 0.299 e. The molecule has 0 saturated heterocycles. The molecule has 5 aliphatic rings. The van der Waals surface area contributed by atoms with E-state index in [9.17, 15) is 4.79 Å². The first kappa shape index (κ1) is 21.3. The Kier molecular flexibility index (Phi) is 4.93. The Morgan fingerprint density at radius 3 is 2.43 bits per heavy atom. The van der Waals surface area contributed by atoms with Gasteiger partial charge in [0.05, 0.1) is 0 Å². The van der Waals surface area contributed by atoms with Crippen LogP contribution in [0.3, 0.4) is 0 Å². The molecule has 0 radical (unpaired) electrons. The molecule has 0 aliphatic heterocycles. The first-order valence-electron chi connectivity index (χ1n) is 13.4. The molecular formula is C29H46O. The highest BCUT2D eigenvalue weighted by atomic mass is 16.1. The summed E-state index contributed by atoms with van der Waals surface area (Å²) in [6, 6.07) is 0. The SMILES string of the molecule is CC[C@H](C=C[C@@H](C)[C@H]1CC[C@H]2[C@@H]3CC(=O)[C@]45C[C@@H]4CC[C@]5(C)[C@H]3CC[C@]12C)C(C)C. The van der Waals surface area contributed by atoms with E-state index >= 15 is 0 Å². The molecule has 5 fully saturated rings. The Balaban J connectivity index is 1.37. The maximum Gasteiger partial charge on any atom is 0.140 e. The summed E-state index contributed by atoms with van der Waals surface area (Å²) in [6.45, 7) is 14.7. The Bertz CT molecular complexity index is 735. The molecule has 5 aliphatic carbocycles. The number of hydrogen-bond donors (Lipinski definition) is 0. The second kappa shape index (κ2) is 6.95. The standard InChI is InChI=1S/C29H46O/c1-7-20(18(2)3)9-8-19(4)23-10-11-24-22-16-26(30)29-17-21(29)12-15-28(29,6)25(22)13-14-27(23,24)5/h8-9,18-25H,7,10-17H2,1-6H3/t19-,20-,21+,22+,23-,24+,25+,27-,28-,29+/m1/s1. The fourth-order valence-corrected chi connectivity index (χ4v) is 10.2. The molecule has 10 atom stereocenters. The van der Waals surface area contributed by atoms with Gasteiger partial charge in [0.1, 0.15) is 5.78 Å². The normalized spacial score (nSPS) is 51.4. The lowest BCUT2D eigenvalue weighted by atomic mass is 9.45. The van der Waals surface area contributed by atoms with Crippen LogP contribution < -0.4 is 0 Å². The maximum absolute atomic E-state index is 13.5. The Hall–Kier alpha value is -0.590. The van der Waals surface area contributed by atoms with Gasteiger partial charge in [-0.2, -0.15) is 0 Å². The summed E-state index contributed by atoms with van der Waals surface area (Å²) in [7, 11) is 0. The van der Waals surface area contributed by atoms with E-state index in [4.69, 9.17) is 0 Å². The van der Waals surface area contributed by atoms with E-state index < -0.39 is 0 Å². The third kappa shape index (κ3) is 2.62. The lowest BCUT2D eigenvalue weighted by molar-refractivity contribution is -0.151. The van der Waals surface area contributed by atoms with Crippen molar-refractivity contribution in [2.45, 2.75) is 99.3 Å². The van der Waals surface area contributed by atoms with E-state index in [1.165, 1.54) is 51.4 Å². The molecule has 0 unspecified atom stereocenters. The number of ketones is 1. The molecule has 0 bridgehead atoms. The van der Waals surface area contributed by atoms with Crippen LogP contribution in [0.4, 0.5) is 0 Å². The van der Waals surface area contributed by atoms with Crippen molar-refractivity contribution in [3.05, 3.63) is 12.2 Å². The molecule has 0 amide bonds. The van der Waals surface area contributed by atoms with E-state index in [-0.39, 0.29) is 5.41 Å². The second-order valence-electron chi connectivity index (χ2n) is 13.1. The van der Waals surface area contributed by atoms with Crippen LogP contribution in [0.2, 0.25) is 0 Å². The van der Waals surface area contributed by atoms with Gasteiger partial charge in [0, 0.05) is 11.8 Å². The van der Waals surface area contributed by atoms with Crippen LogP contribution in [0.5, 0.6) is 0 Å². The number of rotatable bonds is 5. The average Bonchev–Trinajstić information content (AvgIpc) is 3.22. The van der Waals surface area contributed by atoms with E-state index in [1.54, 1.807) is 0 Å². The highest BCUT2D eigenvalue weighted by Gasteiger charge is 2.77. The van der Waals surface area contributed by atoms with Crippen molar-refractivity contribution in [1.29, 1.82) is 0 Å². The zero-order chi connectivity index (χ0) is 21.5. The number of allylic oxidation sites excluding steroid dienone is 2. The van der Waals surface area contributed by atoms with Crippen LogP contribution in [-0.2, 0) is 4.79 Å². The monoisotopic (exact) mass is 410 g/mol. The van der Waals surface area contributed by atoms with Gasteiger partial charge in [-0.25, -0.2) is 0 Å². The minimum absolute atomic E-state index is 0.141. The topological polar surface area (TPSA) is 17.1 Å². The van der Waals surface area contributed by atoms with Crippen molar-refractivity contribution in [3.63, 3.8) is 0 Å². The first-order chi connectivity index (χ1) is 14.2. The molecule has 0 N–H and O–H groups in total. The Morgan fingerprint density at radius 2 is 1.77 bits per heavy atom. The summed E-state index contributed by atoms with van der Waals surface area (Å²) in [4.78, 5) is 13.5. The van der Waals surface area contributed by atoms with Gasteiger partial charge in [-0.05, 0) is 110 Å². The molecule has 1 spiro atoms. The number of hydrogen-bond acceptors (Lipinski definition) is 1. The summed E-state index contributed by atoms with van der Waals surface area (Å²) in [5.74, 6) is 6.69. The molecule has 0 aromatic rings. The van der Waals surface area contributed by atoms with Crippen molar-refractivity contribution in [2.24, 2.45) is 63.6 Å². The molecule has 0 heterocycles.